The molecule has 1 unspecified atom stereocenters. The minimum Gasteiger partial charge on any atom is -0.494 e. The quantitative estimate of drug-likeness (QED) is 0.635. The van der Waals surface area contributed by atoms with Gasteiger partial charge in [-0.15, -0.1) is 0 Å². The fourth-order valence-electron chi connectivity index (χ4n) is 3.68. The first kappa shape index (κ1) is 17.7. The Morgan fingerprint density at radius 3 is 2.59 bits per heavy atom. The zero-order chi connectivity index (χ0) is 19.6. The third kappa shape index (κ3) is 3.66. The molecule has 1 aliphatic carbocycles. The summed E-state index contributed by atoms with van der Waals surface area (Å²) in [6.45, 7) is 0.775. The summed E-state index contributed by atoms with van der Waals surface area (Å²) in [6.07, 6.45) is 9.55. The molecule has 0 amide bonds. The molecule has 0 radical (unpaired) electrons. The van der Waals surface area contributed by atoms with Crippen LogP contribution in [0.4, 0.5) is 5.69 Å². The third-order valence-corrected chi connectivity index (χ3v) is 5.33. The standard InChI is InChI=1S/C23H23N5O/c1-29-20-14-25-23(27(16-20)19-9-11-24-12-10-19)21-13-22(18-7-8-18)28(26-21)15-17-5-3-2-4-6-17/h2-6,9-14,16,18,23H,7-8,15H2,1H3. The molecule has 0 N–H and O–H groups in total. The molecule has 146 valence electrons. The van der Waals surface area contributed by atoms with Crippen LogP contribution >= 0.6 is 0 Å². The number of aromatic nitrogens is 3. The van der Waals surface area contributed by atoms with E-state index >= 15 is 0 Å². The average molecular weight is 385 g/mol. The van der Waals surface area contributed by atoms with E-state index in [4.69, 9.17) is 14.8 Å². The summed E-state index contributed by atoms with van der Waals surface area (Å²) >= 11 is 0. The number of benzene rings is 1. The number of methoxy groups -OCH3 is 1. The Balaban J connectivity index is 1.51. The highest BCUT2D eigenvalue weighted by molar-refractivity contribution is 5.79. The molecule has 0 bridgehead atoms. The second-order valence-electron chi connectivity index (χ2n) is 7.41. The fraction of sp³-hybridized carbons (Fsp3) is 0.261. The van der Waals surface area contributed by atoms with Crippen LogP contribution in [0.15, 0.2) is 77.9 Å². The van der Waals surface area contributed by atoms with Gasteiger partial charge in [0, 0.05) is 29.7 Å². The summed E-state index contributed by atoms with van der Waals surface area (Å²) in [7, 11) is 1.66. The second-order valence-corrected chi connectivity index (χ2v) is 7.41. The van der Waals surface area contributed by atoms with Crippen LogP contribution in [0.5, 0.6) is 0 Å². The van der Waals surface area contributed by atoms with E-state index in [1.807, 2.05) is 24.4 Å². The van der Waals surface area contributed by atoms with Crippen LogP contribution in [0.2, 0.25) is 0 Å². The van der Waals surface area contributed by atoms with E-state index in [1.165, 1.54) is 24.1 Å². The Hall–Kier alpha value is -3.41. The lowest BCUT2D eigenvalue weighted by molar-refractivity contribution is 0.312. The number of rotatable bonds is 6. The van der Waals surface area contributed by atoms with E-state index in [2.05, 4.69) is 44.9 Å². The Labute approximate surface area is 170 Å². The number of nitrogens with zero attached hydrogens (tertiary/aromatic N) is 5. The Morgan fingerprint density at radius 1 is 1.07 bits per heavy atom. The summed E-state index contributed by atoms with van der Waals surface area (Å²) in [5, 5.41) is 4.99. The van der Waals surface area contributed by atoms with E-state index in [0.717, 1.165) is 17.9 Å². The van der Waals surface area contributed by atoms with Crippen molar-refractivity contribution in [3.8, 4) is 0 Å². The summed E-state index contributed by atoms with van der Waals surface area (Å²) in [5.74, 6) is 1.32. The predicted molar refractivity (Wildman–Crippen MR) is 113 cm³/mol. The molecule has 29 heavy (non-hydrogen) atoms. The first-order valence-corrected chi connectivity index (χ1v) is 9.91. The number of anilines is 1. The molecular formula is C23H23N5O. The van der Waals surface area contributed by atoms with Crippen molar-refractivity contribution in [1.82, 2.24) is 14.8 Å². The van der Waals surface area contributed by atoms with Gasteiger partial charge in [-0.3, -0.25) is 14.7 Å². The molecule has 1 aromatic carbocycles. The SMILES string of the molecule is COC1=CN(c2ccncc2)C(c2cc(C3CC3)n(Cc3ccccc3)n2)N=C1. The third-order valence-electron chi connectivity index (χ3n) is 5.33. The van der Waals surface area contributed by atoms with Gasteiger partial charge in [0.15, 0.2) is 11.9 Å². The van der Waals surface area contributed by atoms with Crippen molar-refractivity contribution in [2.24, 2.45) is 4.99 Å². The van der Waals surface area contributed by atoms with Gasteiger partial charge in [-0.2, -0.15) is 5.10 Å². The Bertz CT molecular complexity index is 1040. The molecule has 2 aromatic heterocycles. The van der Waals surface area contributed by atoms with Crippen molar-refractivity contribution in [1.29, 1.82) is 0 Å². The van der Waals surface area contributed by atoms with Crippen LogP contribution in [-0.2, 0) is 11.3 Å². The normalized spacial score (nSPS) is 18.6. The zero-order valence-corrected chi connectivity index (χ0v) is 16.3. The molecule has 1 aliphatic heterocycles. The lowest BCUT2D eigenvalue weighted by Crippen LogP contribution is -2.26. The Morgan fingerprint density at radius 2 is 1.86 bits per heavy atom. The molecule has 1 atom stereocenters. The van der Waals surface area contributed by atoms with Gasteiger partial charge in [-0.05, 0) is 36.6 Å². The van der Waals surface area contributed by atoms with Crippen molar-refractivity contribution in [2.45, 2.75) is 31.5 Å². The molecule has 5 rings (SSSR count). The van der Waals surface area contributed by atoms with Crippen molar-refractivity contribution in [3.63, 3.8) is 0 Å². The van der Waals surface area contributed by atoms with Crippen molar-refractivity contribution >= 4 is 11.9 Å². The number of hydrogen-bond donors (Lipinski definition) is 0. The highest BCUT2D eigenvalue weighted by atomic mass is 16.5. The largest absolute Gasteiger partial charge is 0.494 e. The first-order valence-electron chi connectivity index (χ1n) is 9.91. The van der Waals surface area contributed by atoms with Crippen molar-refractivity contribution < 1.29 is 4.74 Å². The van der Waals surface area contributed by atoms with Gasteiger partial charge >= 0.3 is 0 Å². The van der Waals surface area contributed by atoms with Crippen LogP contribution < -0.4 is 4.90 Å². The lowest BCUT2D eigenvalue weighted by Gasteiger charge is -2.29. The summed E-state index contributed by atoms with van der Waals surface area (Å²) < 4.78 is 7.56. The lowest BCUT2D eigenvalue weighted by atomic mass is 10.2. The van der Waals surface area contributed by atoms with Crippen LogP contribution in [0.25, 0.3) is 0 Å². The smallest absolute Gasteiger partial charge is 0.169 e. The molecule has 1 fully saturated rings. The van der Waals surface area contributed by atoms with Gasteiger partial charge in [-0.25, -0.2) is 0 Å². The van der Waals surface area contributed by atoms with E-state index in [1.54, 1.807) is 25.7 Å². The molecular weight excluding hydrogens is 362 g/mol. The summed E-state index contributed by atoms with van der Waals surface area (Å²) in [5.41, 5.74) is 4.50. The fourth-order valence-corrected chi connectivity index (χ4v) is 3.68. The first-order chi connectivity index (χ1) is 14.3. The van der Waals surface area contributed by atoms with Gasteiger partial charge in [0.05, 0.1) is 26.1 Å². The number of allylic oxidation sites excluding steroid dienone is 1. The molecule has 0 saturated heterocycles. The highest BCUT2D eigenvalue weighted by Crippen LogP contribution is 2.42. The summed E-state index contributed by atoms with van der Waals surface area (Å²) in [4.78, 5) is 11.0. The van der Waals surface area contributed by atoms with Gasteiger partial charge in [0.25, 0.3) is 0 Å². The molecule has 3 aromatic rings. The van der Waals surface area contributed by atoms with Gasteiger partial charge in [0.1, 0.15) is 5.69 Å². The highest BCUT2D eigenvalue weighted by Gasteiger charge is 2.31. The second kappa shape index (κ2) is 7.54. The molecule has 1 saturated carbocycles. The van der Waals surface area contributed by atoms with Crippen LogP contribution in [0.3, 0.4) is 0 Å². The predicted octanol–water partition coefficient (Wildman–Crippen LogP) is 4.28. The van der Waals surface area contributed by atoms with Crippen molar-refractivity contribution in [3.05, 3.63) is 89.8 Å². The topological polar surface area (TPSA) is 55.5 Å². The maximum Gasteiger partial charge on any atom is 0.169 e. The number of ether oxygens (including phenoxy) is 1. The minimum absolute atomic E-state index is 0.231. The number of pyridine rings is 1. The Kier molecular flexibility index (Phi) is 4.60. The molecule has 6 heteroatoms. The van der Waals surface area contributed by atoms with E-state index in [-0.39, 0.29) is 6.17 Å². The molecule has 0 spiro atoms. The molecule has 6 nitrogen and oxygen atoms in total. The zero-order valence-electron chi connectivity index (χ0n) is 16.3. The van der Waals surface area contributed by atoms with Gasteiger partial charge < -0.3 is 9.64 Å². The van der Waals surface area contributed by atoms with Crippen LogP contribution in [-0.4, -0.2) is 28.1 Å². The average Bonchev–Trinajstić information content (AvgIpc) is 3.55. The molecule has 3 heterocycles. The van der Waals surface area contributed by atoms with Gasteiger partial charge in [-0.1, -0.05) is 30.3 Å². The van der Waals surface area contributed by atoms with Crippen LogP contribution in [0.1, 0.15) is 41.9 Å². The number of hydrogen-bond acceptors (Lipinski definition) is 5. The van der Waals surface area contributed by atoms with E-state index < -0.39 is 0 Å². The minimum atomic E-state index is -0.231. The van der Waals surface area contributed by atoms with E-state index in [9.17, 15) is 0 Å². The maximum absolute atomic E-state index is 5.41. The number of aliphatic imine (C=N–C) groups is 1. The summed E-state index contributed by atoms with van der Waals surface area (Å²) in [6, 6.07) is 16.7. The van der Waals surface area contributed by atoms with Gasteiger partial charge in [0.2, 0.25) is 0 Å². The van der Waals surface area contributed by atoms with E-state index in [0.29, 0.717) is 11.7 Å². The maximum atomic E-state index is 5.41. The van der Waals surface area contributed by atoms with Crippen molar-refractivity contribution in [2.75, 3.05) is 12.0 Å². The van der Waals surface area contributed by atoms with Crippen LogP contribution in [0, 0.1) is 0 Å². The molecule has 2 aliphatic rings. The monoisotopic (exact) mass is 385 g/mol.